The van der Waals surface area contributed by atoms with E-state index in [-0.39, 0.29) is 6.61 Å². The van der Waals surface area contributed by atoms with E-state index in [9.17, 15) is 4.79 Å². The summed E-state index contributed by atoms with van der Waals surface area (Å²) in [6.45, 7) is -0.192. The van der Waals surface area contributed by atoms with Gasteiger partial charge in [0.25, 0.3) is 5.91 Å². The van der Waals surface area contributed by atoms with Gasteiger partial charge >= 0.3 is 0 Å². The third kappa shape index (κ3) is 4.91. The lowest BCUT2D eigenvalue weighted by atomic mass is 10.2. The summed E-state index contributed by atoms with van der Waals surface area (Å²) in [5.41, 5.74) is 3.05. The number of para-hydroxylation sites is 1. The standard InChI is InChI=1S/C15H11Cl3N2O2/c16-11-6-5-10(7-13(11)18)8-19-20-15(21)9-22-14-4-2-1-3-12(14)17/h1-8H,9H2,(H,20,21)/b19-8+. The van der Waals surface area contributed by atoms with E-state index < -0.39 is 5.91 Å². The Bertz CT molecular complexity index is 705. The minimum absolute atomic E-state index is 0.192. The molecule has 0 atom stereocenters. The number of rotatable bonds is 5. The molecule has 0 aliphatic rings. The Morgan fingerprint density at radius 3 is 2.59 bits per heavy atom. The molecule has 0 unspecified atom stereocenters. The van der Waals surface area contributed by atoms with Gasteiger partial charge in [-0.25, -0.2) is 5.43 Å². The molecule has 4 nitrogen and oxygen atoms in total. The molecule has 114 valence electrons. The highest BCUT2D eigenvalue weighted by molar-refractivity contribution is 6.42. The Hall–Kier alpha value is -1.75. The van der Waals surface area contributed by atoms with Gasteiger partial charge < -0.3 is 4.74 Å². The maximum absolute atomic E-state index is 11.6. The predicted molar refractivity (Wildman–Crippen MR) is 89.1 cm³/mol. The number of hydrazone groups is 1. The van der Waals surface area contributed by atoms with Crippen molar-refractivity contribution in [3.63, 3.8) is 0 Å². The molecule has 1 amide bonds. The number of ether oxygens (including phenoxy) is 1. The second kappa shape index (κ2) is 8.03. The molecule has 0 heterocycles. The Kier molecular flexibility index (Phi) is 6.07. The predicted octanol–water partition coefficient (Wildman–Crippen LogP) is 4.18. The maximum atomic E-state index is 11.6. The summed E-state index contributed by atoms with van der Waals surface area (Å²) in [6, 6.07) is 11.9. The van der Waals surface area contributed by atoms with E-state index in [2.05, 4.69) is 10.5 Å². The van der Waals surface area contributed by atoms with Crippen LogP contribution in [0.15, 0.2) is 47.6 Å². The van der Waals surface area contributed by atoms with Crippen LogP contribution >= 0.6 is 34.8 Å². The molecule has 0 bridgehead atoms. The van der Waals surface area contributed by atoms with Crippen molar-refractivity contribution in [3.05, 3.63) is 63.1 Å². The van der Waals surface area contributed by atoms with E-state index in [1.165, 1.54) is 6.21 Å². The third-order valence-electron chi connectivity index (χ3n) is 2.54. The van der Waals surface area contributed by atoms with Gasteiger partial charge in [0.15, 0.2) is 6.61 Å². The van der Waals surface area contributed by atoms with Gasteiger partial charge in [0.2, 0.25) is 0 Å². The van der Waals surface area contributed by atoms with Crippen LogP contribution in [0.25, 0.3) is 0 Å². The fourth-order valence-corrected chi connectivity index (χ4v) is 2.01. The summed E-state index contributed by atoms with van der Waals surface area (Å²) in [7, 11) is 0. The zero-order valence-electron chi connectivity index (χ0n) is 11.2. The highest BCUT2D eigenvalue weighted by atomic mass is 35.5. The van der Waals surface area contributed by atoms with Gasteiger partial charge in [0.1, 0.15) is 5.75 Å². The lowest BCUT2D eigenvalue weighted by Gasteiger charge is -2.06. The number of nitrogens with one attached hydrogen (secondary N) is 1. The topological polar surface area (TPSA) is 50.7 Å². The van der Waals surface area contributed by atoms with Crippen LogP contribution < -0.4 is 10.2 Å². The average molecular weight is 358 g/mol. The van der Waals surface area contributed by atoms with E-state index >= 15 is 0 Å². The highest BCUT2D eigenvalue weighted by Gasteiger charge is 2.04. The third-order valence-corrected chi connectivity index (χ3v) is 3.59. The van der Waals surface area contributed by atoms with Crippen molar-refractivity contribution in [2.45, 2.75) is 0 Å². The molecule has 0 saturated heterocycles. The number of halogens is 3. The first-order valence-corrected chi connectivity index (χ1v) is 7.34. The van der Waals surface area contributed by atoms with Crippen LogP contribution in [0.4, 0.5) is 0 Å². The van der Waals surface area contributed by atoms with Crippen molar-refractivity contribution in [3.8, 4) is 5.75 Å². The Morgan fingerprint density at radius 2 is 1.86 bits per heavy atom. The molecule has 0 aliphatic carbocycles. The van der Waals surface area contributed by atoms with Crippen molar-refractivity contribution in [2.75, 3.05) is 6.61 Å². The molecule has 2 aromatic rings. The zero-order chi connectivity index (χ0) is 15.9. The Labute approximate surface area is 142 Å². The summed E-state index contributed by atoms with van der Waals surface area (Å²) >= 11 is 17.6. The van der Waals surface area contributed by atoms with Gasteiger partial charge in [0, 0.05) is 0 Å². The second-order valence-corrected chi connectivity index (χ2v) is 5.41. The smallest absolute Gasteiger partial charge is 0.277 e. The molecule has 0 spiro atoms. The number of hydrogen-bond acceptors (Lipinski definition) is 3. The van der Waals surface area contributed by atoms with Crippen LogP contribution in [0.1, 0.15) is 5.56 Å². The van der Waals surface area contributed by atoms with Crippen LogP contribution in [-0.2, 0) is 4.79 Å². The SMILES string of the molecule is O=C(COc1ccccc1Cl)N/N=C/c1ccc(Cl)c(Cl)c1. The summed E-state index contributed by atoms with van der Waals surface area (Å²) in [6.07, 6.45) is 1.45. The summed E-state index contributed by atoms with van der Waals surface area (Å²) in [5, 5.41) is 5.12. The quantitative estimate of drug-likeness (QED) is 0.645. The number of amides is 1. The van der Waals surface area contributed by atoms with Crippen molar-refractivity contribution < 1.29 is 9.53 Å². The minimum atomic E-state index is -0.406. The molecule has 7 heteroatoms. The van der Waals surface area contributed by atoms with Gasteiger partial charge in [-0.15, -0.1) is 0 Å². The molecule has 0 aromatic heterocycles. The maximum Gasteiger partial charge on any atom is 0.277 e. The number of benzene rings is 2. The lowest BCUT2D eigenvalue weighted by molar-refractivity contribution is -0.123. The molecular formula is C15H11Cl3N2O2. The number of carbonyl (C=O) groups is 1. The summed E-state index contributed by atoms with van der Waals surface area (Å²) in [5.74, 6) is 0.0315. The molecule has 0 radical (unpaired) electrons. The van der Waals surface area contributed by atoms with Crippen LogP contribution in [-0.4, -0.2) is 18.7 Å². The van der Waals surface area contributed by atoms with Crippen LogP contribution in [0, 0.1) is 0 Å². The molecule has 0 aliphatic heterocycles. The van der Waals surface area contributed by atoms with Crippen molar-refractivity contribution in [1.82, 2.24) is 5.43 Å². The summed E-state index contributed by atoms with van der Waals surface area (Å²) in [4.78, 5) is 11.6. The van der Waals surface area contributed by atoms with Crippen molar-refractivity contribution in [1.29, 1.82) is 0 Å². The first-order chi connectivity index (χ1) is 10.6. The molecular weight excluding hydrogens is 347 g/mol. The monoisotopic (exact) mass is 356 g/mol. The molecule has 22 heavy (non-hydrogen) atoms. The van der Waals surface area contributed by atoms with E-state index in [4.69, 9.17) is 39.5 Å². The van der Waals surface area contributed by atoms with Gasteiger partial charge in [-0.05, 0) is 29.8 Å². The van der Waals surface area contributed by atoms with E-state index in [1.807, 2.05) is 0 Å². The van der Waals surface area contributed by atoms with E-state index in [1.54, 1.807) is 42.5 Å². The first kappa shape index (κ1) is 16.6. The highest BCUT2D eigenvalue weighted by Crippen LogP contribution is 2.23. The fourth-order valence-electron chi connectivity index (χ4n) is 1.51. The Balaban J connectivity index is 1.83. The van der Waals surface area contributed by atoms with Crippen LogP contribution in [0.5, 0.6) is 5.75 Å². The van der Waals surface area contributed by atoms with Crippen molar-refractivity contribution >= 4 is 46.9 Å². The largest absolute Gasteiger partial charge is 0.482 e. The number of carbonyl (C=O) groups excluding carboxylic acids is 1. The molecule has 2 rings (SSSR count). The molecule has 2 aromatic carbocycles. The van der Waals surface area contributed by atoms with Gasteiger partial charge in [-0.3, -0.25) is 4.79 Å². The summed E-state index contributed by atoms with van der Waals surface area (Å²) < 4.78 is 5.28. The van der Waals surface area contributed by atoms with E-state index in [0.29, 0.717) is 26.4 Å². The lowest BCUT2D eigenvalue weighted by Crippen LogP contribution is -2.24. The first-order valence-electron chi connectivity index (χ1n) is 6.20. The van der Waals surface area contributed by atoms with Crippen LogP contribution in [0.2, 0.25) is 15.1 Å². The molecule has 0 saturated carbocycles. The normalized spacial score (nSPS) is 10.7. The van der Waals surface area contributed by atoms with Gasteiger partial charge in [0.05, 0.1) is 21.3 Å². The van der Waals surface area contributed by atoms with Crippen LogP contribution in [0.3, 0.4) is 0 Å². The van der Waals surface area contributed by atoms with Gasteiger partial charge in [-0.2, -0.15) is 5.10 Å². The number of nitrogens with zero attached hydrogens (tertiary/aromatic N) is 1. The van der Waals surface area contributed by atoms with Gasteiger partial charge in [-0.1, -0.05) is 53.0 Å². The zero-order valence-corrected chi connectivity index (χ0v) is 13.5. The fraction of sp³-hybridized carbons (Fsp3) is 0.0667. The molecule has 0 fully saturated rings. The second-order valence-electron chi connectivity index (χ2n) is 4.19. The van der Waals surface area contributed by atoms with E-state index in [0.717, 1.165) is 0 Å². The molecule has 1 N–H and O–H groups in total. The van der Waals surface area contributed by atoms with Crippen molar-refractivity contribution in [2.24, 2.45) is 5.10 Å². The Morgan fingerprint density at radius 1 is 1.09 bits per heavy atom. The number of hydrogen-bond donors (Lipinski definition) is 1. The average Bonchev–Trinajstić information content (AvgIpc) is 2.50. The minimum Gasteiger partial charge on any atom is -0.482 e.